The molecule has 0 bridgehead atoms. The summed E-state index contributed by atoms with van der Waals surface area (Å²) in [5, 5.41) is 8.60. The summed E-state index contributed by atoms with van der Waals surface area (Å²) in [5.41, 5.74) is 2.06. The van der Waals surface area contributed by atoms with Gasteiger partial charge in [0.25, 0.3) is 5.91 Å². The number of halogens is 1. The molecule has 2 N–H and O–H groups in total. The van der Waals surface area contributed by atoms with Gasteiger partial charge in [-0.05, 0) is 49.4 Å². The van der Waals surface area contributed by atoms with E-state index in [9.17, 15) is 9.59 Å². The first-order valence-electron chi connectivity index (χ1n) is 8.01. The molecule has 27 heavy (non-hydrogen) atoms. The number of aryl methyl sites for hydroxylation is 1. The third-order valence-corrected chi connectivity index (χ3v) is 5.56. The molecule has 3 rings (SSSR count). The van der Waals surface area contributed by atoms with Crippen molar-refractivity contribution in [2.75, 3.05) is 16.4 Å². The number of hydrogen-bond donors (Lipinski definition) is 2. The van der Waals surface area contributed by atoms with Crippen LogP contribution in [0, 0.1) is 6.92 Å². The Kier molecular flexibility index (Phi) is 6.49. The van der Waals surface area contributed by atoms with E-state index in [1.165, 1.54) is 23.1 Å². The van der Waals surface area contributed by atoms with Crippen LogP contribution in [-0.4, -0.2) is 22.6 Å². The number of nitrogens with one attached hydrogen (secondary N) is 2. The molecule has 3 aromatic rings. The number of aromatic nitrogens is 1. The van der Waals surface area contributed by atoms with E-state index < -0.39 is 0 Å². The van der Waals surface area contributed by atoms with E-state index in [-0.39, 0.29) is 17.6 Å². The van der Waals surface area contributed by atoms with E-state index in [2.05, 4.69) is 15.6 Å². The first kappa shape index (κ1) is 19.4. The van der Waals surface area contributed by atoms with Gasteiger partial charge in [0.15, 0.2) is 5.13 Å². The number of rotatable bonds is 6. The zero-order chi connectivity index (χ0) is 19.2. The van der Waals surface area contributed by atoms with Crippen LogP contribution < -0.4 is 10.6 Å². The SMILES string of the molecule is Cc1csc(NC(=O)CSc2ccc(NC(=O)c3cccc(Cl)c3)cc2)n1. The lowest BCUT2D eigenvalue weighted by Gasteiger charge is -2.07. The highest BCUT2D eigenvalue weighted by molar-refractivity contribution is 8.00. The van der Waals surface area contributed by atoms with Crippen LogP contribution in [0.15, 0.2) is 58.8 Å². The molecule has 2 aromatic carbocycles. The molecular formula is C19H16ClN3O2S2. The fourth-order valence-corrected chi connectivity index (χ4v) is 3.78. The maximum Gasteiger partial charge on any atom is 0.255 e. The monoisotopic (exact) mass is 417 g/mol. The highest BCUT2D eigenvalue weighted by Crippen LogP contribution is 2.22. The number of benzene rings is 2. The van der Waals surface area contributed by atoms with Crippen LogP contribution in [-0.2, 0) is 4.79 Å². The Morgan fingerprint density at radius 2 is 1.93 bits per heavy atom. The molecule has 0 fully saturated rings. The molecule has 0 aliphatic carbocycles. The fraction of sp³-hybridized carbons (Fsp3) is 0.105. The van der Waals surface area contributed by atoms with Crippen LogP contribution in [0.1, 0.15) is 16.1 Å². The Morgan fingerprint density at radius 1 is 1.15 bits per heavy atom. The summed E-state index contributed by atoms with van der Waals surface area (Å²) in [4.78, 5) is 29.3. The smallest absolute Gasteiger partial charge is 0.255 e. The van der Waals surface area contributed by atoms with Crippen LogP contribution in [0.25, 0.3) is 0 Å². The van der Waals surface area contributed by atoms with E-state index in [0.29, 0.717) is 21.4 Å². The molecule has 0 unspecified atom stereocenters. The summed E-state index contributed by atoms with van der Waals surface area (Å²) in [5.74, 6) is -0.0453. The first-order valence-corrected chi connectivity index (χ1v) is 10.3. The number of amides is 2. The highest BCUT2D eigenvalue weighted by atomic mass is 35.5. The van der Waals surface area contributed by atoms with Crippen molar-refractivity contribution < 1.29 is 9.59 Å². The molecule has 138 valence electrons. The predicted molar refractivity (Wildman–Crippen MR) is 112 cm³/mol. The quantitative estimate of drug-likeness (QED) is 0.548. The van der Waals surface area contributed by atoms with Gasteiger partial charge in [-0.25, -0.2) is 4.98 Å². The zero-order valence-electron chi connectivity index (χ0n) is 14.4. The second-order valence-electron chi connectivity index (χ2n) is 5.62. The standard InChI is InChI=1S/C19H16ClN3O2S2/c1-12-10-27-19(21-12)23-17(24)11-26-16-7-5-15(6-8-16)22-18(25)13-3-2-4-14(20)9-13/h2-10H,11H2,1H3,(H,22,25)(H,21,23,24). The molecule has 0 aliphatic rings. The maximum absolute atomic E-state index is 12.2. The van der Waals surface area contributed by atoms with Crippen molar-refractivity contribution in [1.82, 2.24) is 4.98 Å². The first-order chi connectivity index (χ1) is 13.0. The van der Waals surface area contributed by atoms with E-state index in [0.717, 1.165) is 10.6 Å². The number of nitrogens with zero attached hydrogens (tertiary/aromatic N) is 1. The third kappa shape index (κ3) is 5.82. The van der Waals surface area contributed by atoms with Gasteiger partial charge in [0.05, 0.1) is 11.4 Å². The van der Waals surface area contributed by atoms with Gasteiger partial charge in [-0.2, -0.15) is 0 Å². The lowest BCUT2D eigenvalue weighted by atomic mass is 10.2. The van der Waals surface area contributed by atoms with Crippen molar-refractivity contribution in [2.45, 2.75) is 11.8 Å². The Morgan fingerprint density at radius 3 is 2.59 bits per heavy atom. The molecule has 1 heterocycles. The van der Waals surface area contributed by atoms with Crippen LogP contribution in [0.3, 0.4) is 0 Å². The number of thiazole rings is 1. The van der Waals surface area contributed by atoms with Gasteiger partial charge in [-0.1, -0.05) is 17.7 Å². The second kappa shape index (κ2) is 9.03. The molecule has 0 aliphatic heterocycles. The van der Waals surface area contributed by atoms with Crippen molar-refractivity contribution >= 4 is 57.3 Å². The molecule has 2 amide bonds. The fourth-order valence-electron chi connectivity index (χ4n) is 2.18. The second-order valence-corrected chi connectivity index (χ2v) is 7.96. The van der Waals surface area contributed by atoms with Gasteiger partial charge in [0.2, 0.25) is 5.91 Å². The lowest BCUT2D eigenvalue weighted by molar-refractivity contribution is -0.113. The van der Waals surface area contributed by atoms with E-state index in [1.807, 2.05) is 24.4 Å². The van der Waals surface area contributed by atoms with Crippen molar-refractivity contribution in [1.29, 1.82) is 0 Å². The van der Waals surface area contributed by atoms with Gasteiger partial charge in [0, 0.05) is 26.5 Å². The molecule has 0 saturated carbocycles. The minimum atomic E-state index is -0.226. The van der Waals surface area contributed by atoms with Gasteiger partial charge in [0.1, 0.15) is 0 Å². The Balaban J connectivity index is 1.51. The average Bonchev–Trinajstić information content (AvgIpc) is 3.06. The largest absolute Gasteiger partial charge is 0.322 e. The molecule has 0 spiro atoms. The number of thioether (sulfide) groups is 1. The summed E-state index contributed by atoms with van der Waals surface area (Å²) in [6.45, 7) is 1.88. The van der Waals surface area contributed by atoms with Crippen molar-refractivity contribution in [3.05, 3.63) is 70.2 Å². The normalized spacial score (nSPS) is 10.4. The molecule has 0 saturated heterocycles. The van der Waals surface area contributed by atoms with Crippen LogP contribution in [0.5, 0.6) is 0 Å². The summed E-state index contributed by atoms with van der Waals surface area (Å²) in [7, 11) is 0. The maximum atomic E-state index is 12.2. The topological polar surface area (TPSA) is 71.1 Å². The highest BCUT2D eigenvalue weighted by Gasteiger charge is 2.08. The van der Waals surface area contributed by atoms with Gasteiger partial charge in [-0.15, -0.1) is 23.1 Å². The zero-order valence-corrected chi connectivity index (χ0v) is 16.8. The van der Waals surface area contributed by atoms with E-state index >= 15 is 0 Å². The molecular weight excluding hydrogens is 402 g/mol. The Bertz CT molecular complexity index is 958. The van der Waals surface area contributed by atoms with Gasteiger partial charge >= 0.3 is 0 Å². The molecule has 0 radical (unpaired) electrons. The predicted octanol–water partition coefficient (Wildman–Crippen LogP) is 5.09. The molecule has 8 heteroatoms. The number of hydrogen-bond acceptors (Lipinski definition) is 5. The molecule has 1 aromatic heterocycles. The summed E-state index contributed by atoms with van der Waals surface area (Å²) >= 11 is 8.73. The third-order valence-electron chi connectivity index (χ3n) is 3.43. The van der Waals surface area contributed by atoms with Gasteiger partial charge in [-0.3, -0.25) is 9.59 Å². The van der Waals surface area contributed by atoms with Crippen LogP contribution in [0.2, 0.25) is 5.02 Å². The van der Waals surface area contributed by atoms with Crippen LogP contribution >= 0.6 is 34.7 Å². The van der Waals surface area contributed by atoms with Crippen molar-refractivity contribution in [3.8, 4) is 0 Å². The van der Waals surface area contributed by atoms with Crippen LogP contribution in [0.4, 0.5) is 10.8 Å². The number of anilines is 2. The van der Waals surface area contributed by atoms with Gasteiger partial charge < -0.3 is 10.6 Å². The summed E-state index contributed by atoms with van der Waals surface area (Å²) < 4.78 is 0. The molecule has 5 nitrogen and oxygen atoms in total. The Labute approximate surface area is 170 Å². The minimum absolute atomic E-state index is 0.104. The number of carbonyl (C=O) groups excluding carboxylic acids is 2. The average molecular weight is 418 g/mol. The lowest BCUT2D eigenvalue weighted by Crippen LogP contribution is -2.13. The van der Waals surface area contributed by atoms with E-state index in [1.54, 1.807) is 36.4 Å². The Hall–Kier alpha value is -2.35. The minimum Gasteiger partial charge on any atom is -0.322 e. The van der Waals surface area contributed by atoms with E-state index in [4.69, 9.17) is 11.6 Å². The summed E-state index contributed by atoms with van der Waals surface area (Å²) in [6.07, 6.45) is 0. The summed E-state index contributed by atoms with van der Waals surface area (Å²) in [6, 6.07) is 14.1. The van der Waals surface area contributed by atoms with Crippen molar-refractivity contribution in [2.24, 2.45) is 0 Å². The van der Waals surface area contributed by atoms with Crippen molar-refractivity contribution in [3.63, 3.8) is 0 Å². The molecule has 0 atom stereocenters. The number of carbonyl (C=O) groups is 2.